The topological polar surface area (TPSA) is 58.2 Å². The van der Waals surface area contributed by atoms with Gasteiger partial charge in [-0.2, -0.15) is 13.2 Å². The molecule has 0 aromatic heterocycles. The normalized spacial score (nSPS) is 12.7. The fourth-order valence-electron chi connectivity index (χ4n) is 1.45. The van der Waals surface area contributed by atoms with Gasteiger partial charge in [0.2, 0.25) is 10.0 Å². The third-order valence-corrected chi connectivity index (χ3v) is 3.91. The molecule has 1 aromatic rings. The fourth-order valence-corrected chi connectivity index (χ4v) is 2.53. The fraction of sp³-hybridized carbons (Fsp3) is 0.455. The first kappa shape index (κ1) is 16.9. The van der Waals surface area contributed by atoms with Gasteiger partial charge in [0.1, 0.15) is 5.82 Å². The molecular weight excluding hydrogens is 300 g/mol. The zero-order valence-electron chi connectivity index (χ0n) is 10.6. The standard InChI is InChI=1S/C11H14F4N2O2S/c1-16-5-2-6-17-20(18,19)8-3-4-9(10(12)7-8)11(13,14)15/h3-4,7,16-17H,2,5-6H2,1H3. The van der Waals surface area contributed by atoms with Crippen LogP contribution in [-0.2, 0) is 16.2 Å². The Balaban J connectivity index is 2.89. The second-order valence-electron chi connectivity index (χ2n) is 3.99. The lowest BCUT2D eigenvalue weighted by atomic mass is 10.2. The SMILES string of the molecule is CNCCCNS(=O)(=O)c1ccc(C(F)(F)F)c(F)c1. The van der Waals surface area contributed by atoms with Gasteiger partial charge in [-0.15, -0.1) is 0 Å². The van der Waals surface area contributed by atoms with Gasteiger partial charge in [-0.25, -0.2) is 17.5 Å². The molecule has 0 aliphatic heterocycles. The molecule has 0 saturated carbocycles. The molecule has 0 spiro atoms. The monoisotopic (exact) mass is 314 g/mol. The van der Waals surface area contributed by atoms with Crippen LogP contribution >= 0.6 is 0 Å². The largest absolute Gasteiger partial charge is 0.419 e. The summed E-state index contributed by atoms with van der Waals surface area (Å²) in [6, 6.07) is 1.51. The number of benzene rings is 1. The highest BCUT2D eigenvalue weighted by Crippen LogP contribution is 2.32. The van der Waals surface area contributed by atoms with Crippen molar-refractivity contribution in [3.8, 4) is 0 Å². The van der Waals surface area contributed by atoms with Crippen molar-refractivity contribution >= 4 is 10.0 Å². The van der Waals surface area contributed by atoms with Crippen molar-refractivity contribution in [3.63, 3.8) is 0 Å². The van der Waals surface area contributed by atoms with Crippen LogP contribution in [0.5, 0.6) is 0 Å². The first-order valence-electron chi connectivity index (χ1n) is 5.69. The van der Waals surface area contributed by atoms with E-state index in [1.54, 1.807) is 7.05 Å². The lowest BCUT2D eigenvalue weighted by molar-refractivity contribution is -0.140. The number of sulfonamides is 1. The summed E-state index contributed by atoms with van der Waals surface area (Å²) in [6.45, 7) is 0.676. The Labute approximate surface area is 114 Å². The van der Waals surface area contributed by atoms with Crippen LogP contribution in [0.4, 0.5) is 17.6 Å². The van der Waals surface area contributed by atoms with E-state index in [0.717, 1.165) is 6.07 Å². The highest BCUT2D eigenvalue weighted by molar-refractivity contribution is 7.89. The van der Waals surface area contributed by atoms with Crippen molar-refractivity contribution in [1.82, 2.24) is 10.0 Å². The molecule has 114 valence electrons. The number of rotatable bonds is 6. The highest BCUT2D eigenvalue weighted by Gasteiger charge is 2.34. The maximum absolute atomic E-state index is 13.3. The van der Waals surface area contributed by atoms with E-state index in [0.29, 0.717) is 25.1 Å². The van der Waals surface area contributed by atoms with Crippen LogP contribution in [0.25, 0.3) is 0 Å². The summed E-state index contributed by atoms with van der Waals surface area (Å²) in [5.74, 6) is -1.62. The van der Waals surface area contributed by atoms with Gasteiger partial charge in [-0.05, 0) is 38.2 Å². The van der Waals surface area contributed by atoms with Crippen LogP contribution in [0, 0.1) is 5.82 Å². The number of hydrogen-bond acceptors (Lipinski definition) is 3. The maximum atomic E-state index is 13.3. The van der Waals surface area contributed by atoms with E-state index in [9.17, 15) is 26.0 Å². The van der Waals surface area contributed by atoms with Gasteiger partial charge < -0.3 is 5.32 Å². The number of hydrogen-bond donors (Lipinski definition) is 2. The molecule has 0 bridgehead atoms. The van der Waals surface area contributed by atoms with E-state index < -0.39 is 32.5 Å². The van der Waals surface area contributed by atoms with Gasteiger partial charge in [0.05, 0.1) is 10.5 Å². The van der Waals surface area contributed by atoms with Crippen LogP contribution in [-0.4, -0.2) is 28.6 Å². The molecule has 0 fully saturated rings. The Kier molecular flexibility index (Phi) is 5.49. The quantitative estimate of drug-likeness (QED) is 0.621. The molecule has 0 unspecified atom stereocenters. The van der Waals surface area contributed by atoms with Crippen LogP contribution in [0.3, 0.4) is 0 Å². The van der Waals surface area contributed by atoms with Crippen LogP contribution in [0.1, 0.15) is 12.0 Å². The Bertz CT molecular complexity index is 558. The van der Waals surface area contributed by atoms with Gasteiger partial charge in [-0.3, -0.25) is 0 Å². The Morgan fingerprint density at radius 3 is 2.35 bits per heavy atom. The molecule has 0 radical (unpaired) electrons. The lowest BCUT2D eigenvalue weighted by Gasteiger charge is -2.10. The van der Waals surface area contributed by atoms with Crippen molar-refractivity contribution < 1.29 is 26.0 Å². The zero-order valence-corrected chi connectivity index (χ0v) is 11.4. The number of halogens is 4. The Morgan fingerprint density at radius 1 is 1.20 bits per heavy atom. The molecule has 2 N–H and O–H groups in total. The molecule has 0 saturated heterocycles. The van der Waals surface area contributed by atoms with Crippen molar-refractivity contribution in [2.45, 2.75) is 17.5 Å². The molecule has 0 aliphatic rings. The molecule has 20 heavy (non-hydrogen) atoms. The molecular formula is C11H14F4N2O2S. The maximum Gasteiger partial charge on any atom is 0.419 e. The smallest absolute Gasteiger partial charge is 0.320 e. The molecule has 0 amide bonds. The first-order chi connectivity index (χ1) is 9.18. The summed E-state index contributed by atoms with van der Waals surface area (Å²) in [5, 5.41) is 2.81. The van der Waals surface area contributed by atoms with Crippen molar-refractivity contribution in [2.24, 2.45) is 0 Å². The highest BCUT2D eigenvalue weighted by atomic mass is 32.2. The number of alkyl halides is 3. The van der Waals surface area contributed by atoms with Gasteiger partial charge in [0.15, 0.2) is 0 Å². The summed E-state index contributed by atoms with van der Waals surface area (Å²) < 4.78 is 76.0. The summed E-state index contributed by atoms with van der Waals surface area (Å²) in [4.78, 5) is -0.535. The molecule has 4 nitrogen and oxygen atoms in total. The molecule has 0 aliphatic carbocycles. The van der Waals surface area contributed by atoms with Gasteiger partial charge in [-0.1, -0.05) is 0 Å². The Hall–Kier alpha value is -1.19. The average Bonchev–Trinajstić information content (AvgIpc) is 2.33. The minimum atomic E-state index is -4.85. The van der Waals surface area contributed by atoms with Crippen molar-refractivity contribution in [3.05, 3.63) is 29.6 Å². The predicted molar refractivity (Wildman–Crippen MR) is 65.1 cm³/mol. The second kappa shape index (κ2) is 6.51. The summed E-state index contributed by atoms with van der Waals surface area (Å²) in [5.41, 5.74) is -1.49. The lowest BCUT2D eigenvalue weighted by Crippen LogP contribution is -2.27. The van der Waals surface area contributed by atoms with Crippen molar-refractivity contribution in [1.29, 1.82) is 0 Å². The Morgan fingerprint density at radius 2 is 1.85 bits per heavy atom. The zero-order chi connectivity index (χ0) is 15.4. The van der Waals surface area contributed by atoms with E-state index in [1.807, 2.05) is 0 Å². The van der Waals surface area contributed by atoms with Gasteiger partial charge >= 0.3 is 6.18 Å². The third-order valence-electron chi connectivity index (χ3n) is 2.45. The van der Waals surface area contributed by atoms with Crippen LogP contribution in [0.2, 0.25) is 0 Å². The van der Waals surface area contributed by atoms with Gasteiger partial charge in [0, 0.05) is 6.54 Å². The third kappa shape index (κ3) is 4.43. The summed E-state index contributed by atoms with van der Waals surface area (Å²) >= 11 is 0. The molecule has 9 heteroatoms. The summed E-state index contributed by atoms with van der Waals surface area (Å²) in [6.07, 6.45) is -4.36. The minimum Gasteiger partial charge on any atom is -0.320 e. The van der Waals surface area contributed by atoms with Gasteiger partial charge in [0.25, 0.3) is 0 Å². The second-order valence-corrected chi connectivity index (χ2v) is 5.76. The van der Waals surface area contributed by atoms with E-state index >= 15 is 0 Å². The van der Waals surface area contributed by atoms with E-state index in [-0.39, 0.29) is 6.54 Å². The minimum absolute atomic E-state index is 0.103. The molecule has 1 aromatic carbocycles. The van der Waals surface area contributed by atoms with E-state index in [1.165, 1.54) is 0 Å². The predicted octanol–water partition coefficient (Wildman–Crippen LogP) is 1.73. The summed E-state index contributed by atoms with van der Waals surface area (Å²) in [7, 11) is -2.32. The molecule has 0 atom stereocenters. The molecule has 0 heterocycles. The van der Waals surface area contributed by atoms with Crippen molar-refractivity contribution in [2.75, 3.05) is 20.1 Å². The number of nitrogens with one attached hydrogen (secondary N) is 2. The van der Waals surface area contributed by atoms with Crippen LogP contribution in [0.15, 0.2) is 23.1 Å². The average molecular weight is 314 g/mol. The van der Waals surface area contributed by atoms with E-state index in [4.69, 9.17) is 0 Å². The first-order valence-corrected chi connectivity index (χ1v) is 7.18. The van der Waals surface area contributed by atoms with Crippen LogP contribution < -0.4 is 10.0 Å². The molecule has 1 rings (SSSR count). The van der Waals surface area contributed by atoms with E-state index in [2.05, 4.69) is 10.0 Å².